The van der Waals surface area contributed by atoms with Crippen molar-refractivity contribution in [3.63, 3.8) is 0 Å². The first kappa shape index (κ1) is 9.48. The van der Waals surface area contributed by atoms with Crippen molar-refractivity contribution in [2.45, 2.75) is 37.8 Å². The number of carbonyl (C=O) groups is 1. The molecule has 4 nitrogen and oxygen atoms in total. The van der Waals surface area contributed by atoms with Crippen molar-refractivity contribution in [3.05, 3.63) is 0 Å². The van der Waals surface area contributed by atoms with Gasteiger partial charge in [-0.3, -0.25) is 4.79 Å². The van der Waals surface area contributed by atoms with E-state index in [1.165, 1.54) is 0 Å². The Kier molecular flexibility index (Phi) is 2.69. The molecule has 0 aromatic carbocycles. The highest BCUT2D eigenvalue weighted by Crippen LogP contribution is 2.31. The lowest BCUT2D eigenvalue weighted by molar-refractivity contribution is -0.128. The molecule has 4 heteroatoms. The van der Waals surface area contributed by atoms with Crippen molar-refractivity contribution in [2.24, 2.45) is 0 Å². The molecule has 12 heavy (non-hydrogen) atoms. The SMILES string of the molecule is CCC(=O)NC1CC(O)(CO)C1. The summed E-state index contributed by atoms with van der Waals surface area (Å²) in [6.45, 7) is 1.57. The highest BCUT2D eigenvalue weighted by molar-refractivity contribution is 5.76. The van der Waals surface area contributed by atoms with Crippen molar-refractivity contribution in [2.75, 3.05) is 6.61 Å². The molecule has 0 saturated heterocycles. The van der Waals surface area contributed by atoms with Gasteiger partial charge in [-0.05, 0) is 12.8 Å². The summed E-state index contributed by atoms with van der Waals surface area (Å²) in [5.74, 6) is -0.00000945. The Morgan fingerprint density at radius 3 is 2.67 bits per heavy atom. The molecular weight excluding hydrogens is 158 g/mol. The van der Waals surface area contributed by atoms with E-state index in [-0.39, 0.29) is 18.6 Å². The highest BCUT2D eigenvalue weighted by atomic mass is 16.3. The van der Waals surface area contributed by atoms with Crippen molar-refractivity contribution in [3.8, 4) is 0 Å². The smallest absolute Gasteiger partial charge is 0.219 e. The third-order valence-corrected chi connectivity index (χ3v) is 2.23. The minimum Gasteiger partial charge on any atom is -0.393 e. The topological polar surface area (TPSA) is 69.6 Å². The Morgan fingerprint density at radius 2 is 2.25 bits per heavy atom. The average Bonchev–Trinajstić information content (AvgIpc) is 2.01. The van der Waals surface area contributed by atoms with E-state index in [2.05, 4.69) is 5.32 Å². The number of amides is 1. The van der Waals surface area contributed by atoms with E-state index in [9.17, 15) is 9.90 Å². The summed E-state index contributed by atoms with van der Waals surface area (Å²) >= 11 is 0. The maximum absolute atomic E-state index is 10.9. The third kappa shape index (κ3) is 1.95. The molecule has 0 radical (unpaired) electrons. The van der Waals surface area contributed by atoms with Crippen LogP contribution < -0.4 is 5.32 Å². The zero-order valence-electron chi connectivity index (χ0n) is 7.21. The van der Waals surface area contributed by atoms with Crippen LogP contribution in [0.25, 0.3) is 0 Å². The second-order valence-corrected chi connectivity index (χ2v) is 3.41. The Morgan fingerprint density at radius 1 is 1.67 bits per heavy atom. The molecule has 0 heterocycles. The number of aliphatic hydroxyl groups excluding tert-OH is 1. The largest absolute Gasteiger partial charge is 0.393 e. The molecule has 1 aliphatic carbocycles. The van der Waals surface area contributed by atoms with E-state index in [1.54, 1.807) is 6.92 Å². The van der Waals surface area contributed by atoms with Gasteiger partial charge in [0.05, 0.1) is 12.2 Å². The van der Waals surface area contributed by atoms with E-state index < -0.39 is 5.60 Å². The van der Waals surface area contributed by atoms with E-state index in [4.69, 9.17) is 5.11 Å². The first-order valence-corrected chi connectivity index (χ1v) is 4.22. The fraction of sp³-hybridized carbons (Fsp3) is 0.875. The summed E-state index contributed by atoms with van der Waals surface area (Å²) in [6, 6.07) is 0.0506. The predicted molar refractivity (Wildman–Crippen MR) is 43.5 cm³/mol. The van der Waals surface area contributed by atoms with Gasteiger partial charge in [0.25, 0.3) is 0 Å². The molecule has 0 unspecified atom stereocenters. The van der Waals surface area contributed by atoms with Gasteiger partial charge < -0.3 is 15.5 Å². The van der Waals surface area contributed by atoms with Crippen LogP contribution in [0.1, 0.15) is 26.2 Å². The van der Waals surface area contributed by atoms with Gasteiger partial charge in [-0.2, -0.15) is 0 Å². The number of hydrogen-bond acceptors (Lipinski definition) is 3. The quantitative estimate of drug-likeness (QED) is 0.533. The van der Waals surface area contributed by atoms with Gasteiger partial charge in [0.15, 0.2) is 0 Å². The molecule has 1 rings (SSSR count). The first-order chi connectivity index (χ1) is 5.59. The van der Waals surface area contributed by atoms with Crippen LogP contribution in [0.2, 0.25) is 0 Å². The normalized spacial score (nSPS) is 34.1. The lowest BCUT2D eigenvalue weighted by atomic mass is 9.76. The van der Waals surface area contributed by atoms with E-state index in [0.717, 1.165) is 0 Å². The number of hydrogen-bond donors (Lipinski definition) is 3. The highest BCUT2D eigenvalue weighted by Gasteiger charge is 2.42. The van der Waals surface area contributed by atoms with Gasteiger partial charge in [0.1, 0.15) is 0 Å². The third-order valence-electron chi connectivity index (χ3n) is 2.23. The Balaban J connectivity index is 2.21. The van der Waals surface area contributed by atoms with Gasteiger partial charge >= 0.3 is 0 Å². The second-order valence-electron chi connectivity index (χ2n) is 3.41. The fourth-order valence-electron chi connectivity index (χ4n) is 1.42. The number of nitrogens with one attached hydrogen (secondary N) is 1. The molecule has 0 aliphatic heterocycles. The number of carbonyl (C=O) groups excluding carboxylic acids is 1. The van der Waals surface area contributed by atoms with Crippen molar-refractivity contribution in [1.82, 2.24) is 5.32 Å². The lowest BCUT2D eigenvalue weighted by Gasteiger charge is -2.42. The predicted octanol–water partition coefficient (Wildman–Crippen LogP) is -0.602. The Labute approximate surface area is 71.6 Å². The summed E-state index contributed by atoms with van der Waals surface area (Å²) in [5.41, 5.74) is -0.939. The standard InChI is InChI=1S/C8H15NO3/c1-2-7(11)9-6-3-8(12,4-6)5-10/h6,10,12H,2-5H2,1H3,(H,9,11). The van der Waals surface area contributed by atoms with Crippen molar-refractivity contribution >= 4 is 5.91 Å². The molecule has 0 spiro atoms. The summed E-state index contributed by atoms with van der Waals surface area (Å²) in [6.07, 6.45) is 1.40. The molecule has 1 saturated carbocycles. The molecule has 0 aromatic heterocycles. The zero-order valence-corrected chi connectivity index (χ0v) is 7.21. The maximum Gasteiger partial charge on any atom is 0.219 e. The van der Waals surface area contributed by atoms with Gasteiger partial charge in [-0.1, -0.05) is 6.92 Å². The Hall–Kier alpha value is -0.610. The monoisotopic (exact) mass is 173 g/mol. The maximum atomic E-state index is 10.9. The number of rotatable bonds is 3. The minimum atomic E-state index is -0.939. The van der Waals surface area contributed by atoms with Gasteiger partial charge in [-0.15, -0.1) is 0 Å². The van der Waals surface area contributed by atoms with Gasteiger partial charge in [0, 0.05) is 12.5 Å². The van der Waals surface area contributed by atoms with Crippen molar-refractivity contribution < 1.29 is 15.0 Å². The minimum absolute atomic E-state index is 0.00000945. The molecule has 1 amide bonds. The van der Waals surface area contributed by atoms with Gasteiger partial charge in [-0.25, -0.2) is 0 Å². The van der Waals surface area contributed by atoms with Crippen LogP contribution >= 0.6 is 0 Å². The Bertz CT molecular complexity index is 175. The molecule has 0 aromatic rings. The number of aliphatic hydroxyl groups is 2. The molecule has 1 fully saturated rings. The van der Waals surface area contributed by atoms with E-state index >= 15 is 0 Å². The zero-order chi connectivity index (χ0) is 9.19. The van der Waals surface area contributed by atoms with Crippen LogP contribution in [0.3, 0.4) is 0 Å². The first-order valence-electron chi connectivity index (χ1n) is 4.22. The molecular formula is C8H15NO3. The van der Waals surface area contributed by atoms with Crippen LogP contribution in [-0.2, 0) is 4.79 Å². The summed E-state index contributed by atoms with van der Waals surface area (Å²) < 4.78 is 0. The van der Waals surface area contributed by atoms with Crippen LogP contribution in [0, 0.1) is 0 Å². The van der Waals surface area contributed by atoms with Crippen LogP contribution in [0.15, 0.2) is 0 Å². The summed E-state index contributed by atoms with van der Waals surface area (Å²) in [7, 11) is 0. The molecule has 70 valence electrons. The molecule has 0 bridgehead atoms. The van der Waals surface area contributed by atoms with Crippen LogP contribution in [0.4, 0.5) is 0 Å². The molecule has 1 aliphatic rings. The van der Waals surface area contributed by atoms with E-state index in [1.807, 2.05) is 0 Å². The molecule has 0 atom stereocenters. The fourth-order valence-corrected chi connectivity index (χ4v) is 1.42. The van der Waals surface area contributed by atoms with Crippen LogP contribution in [-0.4, -0.2) is 34.4 Å². The molecule has 3 N–H and O–H groups in total. The van der Waals surface area contributed by atoms with Crippen molar-refractivity contribution in [1.29, 1.82) is 0 Å². The summed E-state index contributed by atoms with van der Waals surface area (Å²) in [5, 5.41) is 20.8. The average molecular weight is 173 g/mol. The summed E-state index contributed by atoms with van der Waals surface area (Å²) in [4.78, 5) is 10.9. The lowest BCUT2D eigenvalue weighted by Crippen LogP contribution is -2.56. The second kappa shape index (κ2) is 3.41. The van der Waals surface area contributed by atoms with E-state index in [0.29, 0.717) is 19.3 Å². The van der Waals surface area contributed by atoms with Gasteiger partial charge in [0.2, 0.25) is 5.91 Å². The van der Waals surface area contributed by atoms with Crippen LogP contribution in [0.5, 0.6) is 0 Å².